The smallest absolute Gasteiger partial charge is 0.109 e. The van der Waals surface area contributed by atoms with Crippen molar-refractivity contribution in [1.29, 1.82) is 0 Å². The van der Waals surface area contributed by atoms with Gasteiger partial charge in [0.2, 0.25) is 0 Å². The molecule has 0 fully saturated rings. The molecular weight excluding hydrogens is 352 g/mol. The highest BCUT2D eigenvalue weighted by Crippen LogP contribution is 2.59. The molecule has 2 nitrogen and oxygen atoms in total. The molecule has 0 aromatic heterocycles. The number of aryl methyl sites for hydroxylation is 1. The molecule has 27 heavy (non-hydrogen) atoms. The molecule has 2 aliphatic heterocycles. The Balaban J connectivity index is 1.83. The van der Waals surface area contributed by atoms with Crippen molar-refractivity contribution in [1.82, 2.24) is 5.32 Å². The Morgan fingerprint density at radius 3 is 2.78 bits per heavy atom. The lowest BCUT2D eigenvalue weighted by molar-refractivity contribution is 0.396. The molecule has 0 bridgehead atoms. The summed E-state index contributed by atoms with van der Waals surface area (Å²) in [5.41, 5.74) is 10.8. The summed E-state index contributed by atoms with van der Waals surface area (Å²) in [6.45, 7) is 6.79. The van der Waals surface area contributed by atoms with Crippen LogP contribution in [0.25, 0.3) is 5.57 Å². The molecular formula is C24H25ClN2. The van der Waals surface area contributed by atoms with E-state index < -0.39 is 0 Å². The monoisotopic (exact) mass is 376 g/mol. The molecule has 2 unspecified atom stereocenters. The van der Waals surface area contributed by atoms with Gasteiger partial charge in [-0.3, -0.25) is 5.32 Å². The fourth-order valence-corrected chi connectivity index (χ4v) is 5.48. The quantitative estimate of drug-likeness (QED) is 0.654. The Hall–Kier alpha value is -2.03. The standard InChI is InChI=1S/C24H25ClN2/c1-4-16-12-20-19(18-8-6-5-7-14(18)2)11-15(3)27-24(20)21-13-17(25)9-10-22(21)26-23(16)24/h5-10,13,15,26-27H,4,11-12H2,1-3H3. The summed E-state index contributed by atoms with van der Waals surface area (Å²) in [6, 6.07) is 15.4. The third kappa shape index (κ3) is 2.30. The third-order valence-electron chi connectivity index (χ3n) is 6.45. The van der Waals surface area contributed by atoms with Gasteiger partial charge in [-0.05, 0) is 79.2 Å². The van der Waals surface area contributed by atoms with Crippen LogP contribution in [-0.2, 0) is 5.54 Å². The third-order valence-corrected chi connectivity index (χ3v) is 6.69. The number of nitrogens with one attached hydrogen (secondary N) is 2. The number of benzene rings is 2. The van der Waals surface area contributed by atoms with E-state index in [1.165, 1.54) is 44.8 Å². The second-order valence-corrected chi connectivity index (χ2v) is 8.53. The van der Waals surface area contributed by atoms with E-state index in [9.17, 15) is 0 Å². The van der Waals surface area contributed by atoms with E-state index in [0.29, 0.717) is 6.04 Å². The van der Waals surface area contributed by atoms with Crippen LogP contribution in [0.15, 0.2) is 59.3 Å². The van der Waals surface area contributed by atoms with Crippen LogP contribution >= 0.6 is 11.6 Å². The predicted octanol–water partition coefficient (Wildman–Crippen LogP) is 6.17. The van der Waals surface area contributed by atoms with Gasteiger partial charge in [0.05, 0.1) is 0 Å². The molecule has 2 N–H and O–H groups in total. The summed E-state index contributed by atoms with van der Waals surface area (Å²) >= 11 is 6.44. The van der Waals surface area contributed by atoms with Gasteiger partial charge in [0.15, 0.2) is 0 Å². The molecule has 2 atom stereocenters. The lowest BCUT2D eigenvalue weighted by atomic mass is 9.75. The summed E-state index contributed by atoms with van der Waals surface area (Å²) in [5, 5.41) is 8.53. The van der Waals surface area contributed by atoms with E-state index in [1.54, 1.807) is 0 Å². The van der Waals surface area contributed by atoms with E-state index in [2.05, 4.69) is 67.8 Å². The molecule has 2 aromatic rings. The van der Waals surface area contributed by atoms with Crippen LogP contribution in [0.2, 0.25) is 5.02 Å². The molecule has 3 aliphatic rings. The molecule has 0 amide bonds. The largest absolute Gasteiger partial charge is 0.357 e. The lowest BCUT2D eigenvalue weighted by Crippen LogP contribution is -2.50. The molecule has 0 saturated heterocycles. The minimum absolute atomic E-state index is 0.249. The van der Waals surface area contributed by atoms with Crippen molar-refractivity contribution in [2.24, 2.45) is 0 Å². The Labute approximate surface area is 166 Å². The van der Waals surface area contributed by atoms with Crippen molar-refractivity contribution < 1.29 is 0 Å². The van der Waals surface area contributed by atoms with Crippen molar-refractivity contribution in [2.75, 3.05) is 5.32 Å². The topological polar surface area (TPSA) is 24.1 Å². The van der Waals surface area contributed by atoms with Gasteiger partial charge in [-0.1, -0.05) is 42.8 Å². The Bertz CT molecular complexity index is 1020. The first-order chi connectivity index (χ1) is 13.0. The van der Waals surface area contributed by atoms with Gasteiger partial charge in [0, 0.05) is 28.0 Å². The van der Waals surface area contributed by atoms with Crippen molar-refractivity contribution in [3.8, 4) is 0 Å². The van der Waals surface area contributed by atoms with Crippen molar-refractivity contribution in [3.63, 3.8) is 0 Å². The van der Waals surface area contributed by atoms with Gasteiger partial charge in [-0.2, -0.15) is 0 Å². The number of rotatable bonds is 2. The first kappa shape index (κ1) is 17.1. The highest BCUT2D eigenvalue weighted by atomic mass is 35.5. The predicted molar refractivity (Wildman–Crippen MR) is 114 cm³/mol. The maximum absolute atomic E-state index is 6.44. The fourth-order valence-electron chi connectivity index (χ4n) is 5.31. The number of hydrogen-bond donors (Lipinski definition) is 2. The van der Waals surface area contributed by atoms with Crippen LogP contribution in [0.5, 0.6) is 0 Å². The van der Waals surface area contributed by atoms with Gasteiger partial charge in [0.1, 0.15) is 5.54 Å². The maximum Gasteiger partial charge on any atom is 0.109 e. The van der Waals surface area contributed by atoms with Gasteiger partial charge >= 0.3 is 0 Å². The molecule has 3 heteroatoms. The summed E-state index contributed by atoms with van der Waals surface area (Å²) in [5.74, 6) is 0. The summed E-state index contributed by atoms with van der Waals surface area (Å²) in [4.78, 5) is 0. The number of hydrogen-bond acceptors (Lipinski definition) is 2. The molecule has 5 rings (SSSR count). The number of anilines is 1. The van der Waals surface area contributed by atoms with Gasteiger partial charge in [-0.15, -0.1) is 0 Å². The number of fused-ring (bicyclic) bond motifs is 1. The van der Waals surface area contributed by atoms with E-state index in [4.69, 9.17) is 11.6 Å². The summed E-state index contributed by atoms with van der Waals surface area (Å²) in [6.07, 6.45) is 3.16. The van der Waals surface area contributed by atoms with Crippen LogP contribution < -0.4 is 10.6 Å². The average Bonchev–Trinajstić information content (AvgIpc) is 3.12. The first-order valence-corrected chi connectivity index (χ1v) is 10.3. The average molecular weight is 377 g/mol. The zero-order valence-corrected chi connectivity index (χ0v) is 16.9. The van der Waals surface area contributed by atoms with E-state index >= 15 is 0 Å². The lowest BCUT2D eigenvalue weighted by Gasteiger charge is -2.41. The zero-order valence-electron chi connectivity index (χ0n) is 16.1. The summed E-state index contributed by atoms with van der Waals surface area (Å²) < 4.78 is 0. The Kier molecular flexibility index (Phi) is 3.79. The van der Waals surface area contributed by atoms with Crippen molar-refractivity contribution in [2.45, 2.75) is 51.6 Å². The number of allylic oxidation sites excluding steroid dienone is 1. The van der Waals surface area contributed by atoms with E-state index in [1.807, 2.05) is 6.07 Å². The SMILES string of the molecule is CCC1=C2Nc3ccc(Cl)cc3C23NC(C)CC(c2ccccc2C)=C3C1. The summed E-state index contributed by atoms with van der Waals surface area (Å²) in [7, 11) is 0. The molecule has 138 valence electrons. The molecule has 2 heterocycles. The first-order valence-electron chi connectivity index (χ1n) is 9.90. The highest BCUT2D eigenvalue weighted by molar-refractivity contribution is 6.30. The van der Waals surface area contributed by atoms with Crippen LogP contribution in [0, 0.1) is 6.92 Å². The zero-order chi connectivity index (χ0) is 18.8. The van der Waals surface area contributed by atoms with E-state index in [0.717, 1.165) is 24.3 Å². The van der Waals surface area contributed by atoms with E-state index in [-0.39, 0.29) is 5.54 Å². The van der Waals surface area contributed by atoms with Crippen molar-refractivity contribution in [3.05, 3.63) is 81.0 Å². The second kappa shape index (κ2) is 5.98. The van der Waals surface area contributed by atoms with Crippen molar-refractivity contribution >= 4 is 22.9 Å². The minimum atomic E-state index is -0.249. The Morgan fingerprint density at radius 1 is 1.19 bits per heavy atom. The molecule has 1 spiro atoms. The van der Waals surface area contributed by atoms with Gasteiger partial charge in [-0.25, -0.2) is 0 Å². The van der Waals surface area contributed by atoms with Crippen LogP contribution in [0.4, 0.5) is 5.69 Å². The van der Waals surface area contributed by atoms with Crippen LogP contribution in [0.1, 0.15) is 49.8 Å². The minimum Gasteiger partial charge on any atom is -0.357 e. The second-order valence-electron chi connectivity index (χ2n) is 8.10. The van der Waals surface area contributed by atoms with Gasteiger partial charge in [0.25, 0.3) is 0 Å². The number of halogens is 1. The van der Waals surface area contributed by atoms with Crippen LogP contribution in [0.3, 0.4) is 0 Å². The normalized spacial score (nSPS) is 26.0. The Morgan fingerprint density at radius 2 is 2.00 bits per heavy atom. The fraction of sp³-hybridized carbons (Fsp3) is 0.333. The molecule has 0 saturated carbocycles. The molecule has 0 radical (unpaired) electrons. The highest BCUT2D eigenvalue weighted by Gasteiger charge is 2.54. The molecule has 1 aliphatic carbocycles. The van der Waals surface area contributed by atoms with Crippen LogP contribution in [-0.4, -0.2) is 6.04 Å². The molecule has 2 aromatic carbocycles. The maximum atomic E-state index is 6.44. The van der Waals surface area contributed by atoms with Gasteiger partial charge < -0.3 is 5.32 Å².